The fourth-order valence-corrected chi connectivity index (χ4v) is 4.13. The van der Waals surface area contributed by atoms with Gasteiger partial charge in [0.25, 0.3) is 15.9 Å². The minimum absolute atomic E-state index is 0.0606. The number of hydrogen-bond acceptors (Lipinski definition) is 6. The van der Waals surface area contributed by atoms with E-state index in [4.69, 9.17) is 21.6 Å². The van der Waals surface area contributed by atoms with Crippen molar-refractivity contribution < 1.29 is 17.9 Å². The Kier molecular flexibility index (Phi) is 5.26. The Morgan fingerprint density at radius 1 is 1.39 bits per heavy atom. The zero-order valence-electron chi connectivity index (χ0n) is 11.8. The predicted octanol–water partition coefficient (Wildman–Crippen LogP) is 2.55. The maximum atomic E-state index is 12.0. The third-order valence-corrected chi connectivity index (χ3v) is 5.76. The van der Waals surface area contributed by atoms with E-state index in [-0.39, 0.29) is 4.21 Å². The lowest BCUT2D eigenvalue weighted by atomic mass is 10.2. The highest BCUT2D eigenvalue weighted by atomic mass is 35.5. The summed E-state index contributed by atoms with van der Waals surface area (Å²) in [6.45, 7) is 1.41. The molecule has 1 atom stereocenters. The first kappa shape index (κ1) is 17.3. The molecule has 0 aliphatic rings. The molecule has 0 radical (unpaired) electrons. The molecule has 6 nitrogen and oxygen atoms in total. The quantitative estimate of drug-likeness (QED) is 0.872. The number of carbonyl (C=O) groups excluding carboxylic acids is 1. The van der Waals surface area contributed by atoms with E-state index in [1.807, 2.05) is 10.8 Å². The minimum atomic E-state index is -3.99. The fraction of sp³-hybridized carbons (Fsp3) is 0.143. The van der Waals surface area contributed by atoms with Crippen molar-refractivity contribution in [3.8, 4) is 11.8 Å². The molecular weight excluding hydrogens is 360 g/mol. The molecule has 2 aromatic rings. The van der Waals surface area contributed by atoms with Crippen LogP contribution in [0.4, 0.5) is 0 Å². The van der Waals surface area contributed by atoms with Gasteiger partial charge in [-0.3, -0.25) is 4.79 Å². The molecule has 0 unspecified atom stereocenters. The van der Waals surface area contributed by atoms with Gasteiger partial charge in [0.05, 0.1) is 16.0 Å². The molecule has 2 rings (SSSR count). The van der Waals surface area contributed by atoms with Crippen molar-refractivity contribution in [3.63, 3.8) is 0 Å². The first-order chi connectivity index (χ1) is 10.8. The number of ether oxygens (including phenoxy) is 1. The first-order valence-corrected chi connectivity index (χ1v) is 8.98. The molecule has 1 heterocycles. The Balaban J connectivity index is 2.06. The number of hydrogen-bond donors (Lipinski definition) is 1. The summed E-state index contributed by atoms with van der Waals surface area (Å²) in [4.78, 5) is 12.0. The van der Waals surface area contributed by atoms with Gasteiger partial charge in [-0.2, -0.15) is 5.26 Å². The second kappa shape index (κ2) is 7.00. The van der Waals surface area contributed by atoms with Gasteiger partial charge in [0.2, 0.25) is 0 Å². The van der Waals surface area contributed by atoms with E-state index in [1.54, 1.807) is 18.2 Å². The lowest BCUT2D eigenvalue weighted by Gasteiger charge is -2.14. The van der Waals surface area contributed by atoms with E-state index >= 15 is 0 Å². The average molecular weight is 371 g/mol. The summed E-state index contributed by atoms with van der Waals surface area (Å²) < 4.78 is 31.6. The molecule has 0 fully saturated rings. The Morgan fingerprint density at radius 3 is 2.74 bits per heavy atom. The second-order valence-electron chi connectivity index (χ2n) is 4.43. The van der Waals surface area contributed by atoms with E-state index in [0.29, 0.717) is 15.6 Å². The maximum absolute atomic E-state index is 12.0. The second-order valence-corrected chi connectivity index (χ2v) is 8.05. The van der Waals surface area contributed by atoms with E-state index in [1.165, 1.54) is 25.1 Å². The summed E-state index contributed by atoms with van der Waals surface area (Å²) >= 11 is 6.53. The number of sulfonamides is 1. The topological polar surface area (TPSA) is 96.3 Å². The van der Waals surface area contributed by atoms with Crippen LogP contribution < -0.4 is 9.46 Å². The van der Waals surface area contributed by atoms with Crippen LogP contribution in [0.3, 0.4) is 0 Å². The highest BCUT2D eigenvalue weighted by Crippen LogP contribution is 2.25. The Hall–Kier alpha value is -2.08. The molecule has 1 N–H and O–H groups in total. The van der Waals surface area contributed by atoms with Crippen LogP contribution in [0.2, 0.25) is 4.34 Å². The van der Waals surface area contributed by atoms with E-state index in [0.717, 1.165) is 11.3 Å². The van der Waals surface area contributed by atoms with Crippen LogP contribution in [0.25, 0.3) is 0 Å². The van der Waals surface area contributed by atoms with Gasteiger partial charge in [-0.1, -0.05) is 17.7 Å². The Labute approximate surface area is 142 Å². The molecule has 1 aromatic carbocycles. The van der Waals surface area contributed by atoms with Crippen molar-refractivity contribution in [2.24, 2.45) is 0 Å². The third kappa shape index (κ3) is 4.45. The molecule has 0 saturated carbocycles. The zero-order chi connectivity index (χ0) is 17.0. The van der Waals surface area contributed by atoms with Crippen LogP contribution >= 0.6 is 22.9 Å². The predicted molar refractivity (Wildman–Crippen MR) is 85.9 cm³/mol. The number of thiophene rings is 1. The van der Waals surface area contributed by atoms with Gasteiger partial charge in [0.1, 0.15) is 9.96 Å². The molecule has 23 heavy (non-hydrogen) atoms. The summed E-state index contributed by atoms with van der Waals surface area (Å²) in [5.41, 5.74) is 0.371. The number of nitrogens with zero attached hydrogens (tertiary/aromatic N) is 1. The van der Waals surface area contributed by atoms with Gasteiger partial charge in [0.15, 0.2) is 6.10 Å². The average Bonchev–Trinajstić information content (AvgIpc) is 2.94. The number of amides is 1. The number of carbonyl (C=O) groups is 1. The normalized spacial score (nSPS) is 12.2. The van der Waals surface area contributed by atoms with Crippen LogP contribution in [0.5, 0.6) is 5.75 Å². The molecule has 0 bridgehead atoms. The SMILES string of the molecule is C[C@H](Oc1cccc(C#N)c1)C(=O)NS(=O)(=O)c1ccc(Cl)s1. The van der Waals surface area contributed by atoms with Crippen LogP contribution in [-0.2, 0) is 14.8 Å². The third-order valence-electron chi connectivity index (χ3n) is 2.69. The van der Waals surface area contributed by atoms with Crippen LogP contribution in [0.15, 0.2) is 40.6 Å². The summed E-state index contributed by atoms with van der Waals surface area (Å²) in [5, 5.41) is 8.81. The molecule has 1 aromatic heterocycles. The molecule has 120 valence electrons. The molecule has 0 spiro atoms. The Bertz CT molecular complexity index is 871. The first-order valence-electron chi connectivity index (χ1n) is 6.30. The number of benzene rings is 1. The van der Waals surface area contributed by atoms with E-state index < -0.39 is 22.0 Å². The smallest absolute Gasteiger partial charge is 0.274 e. The summed E-state index contributed by atoms with van der Waals surface area (Å²) in [6.07, 6.45) is -1.06. The lowest BCUT2D eigenvalue weighted by molar-refractivity contribution is -0.125. The van der Waals surface area contributed by atoms with Gasteiger partial charge >= 0.3 is 0 Å². The molecule has 1 amide bonds. The van der Waals surface area contributed by atoms with Gasteiger partial charge in [-0.15, -0.1) is 11.3 Å². The molecule has 0 aliphatic heterocycles. The summed E-state index contributed by atoms with van der Waals surface area (Å²) in [5.74, 6) is -0.528. The van der Waals surface area contributed by atoms with E-state index in [9.17, 15) is 13.2 Å². The Morgan fingerprint density at radius 2 is 2.13 bits per heavy atom. The van der Waals surface area contributed by atoms with Gasteiger partial charge in [-0.05, 0) is 37.3 Å². The van der Waals surface area contributed by atoms with Crippen molar-refractivity contribution in [1.82, 2.24) is 4.72 Å². The molecule has 9 heteroatoms. The standard InChI is InChI=1S/C14H11ClN2O4S2/c1-9(21-11-4-2-3-10(7-11)8-16)14(18)17-23(19,20)13-6-5-12(15)22-13/h2-7,9H,1H3,(H,17,18)/t9-/m0/s1. The number of nitrogens with one attached hydrogen (secondary N) is 1. The highest BCUT2D eigenvalue weighted by molar-refractivity contribution is 7.92. The summed E-state index contributed by atoms with van der Waals surface area (Å²) in [6, 6.07) is 10.9. The van der Waals surface area contributed by atoms with Crippen molar-refractivity contribution in [1.29, 1.82) is 5.26 Å². The molecule has 0 saturated heterocycles. The van der Waals surface area contributed by atoms with Crippen molar-refractivity contribution in [3.05, 3.63) is 46.3 Å². The molecule has 0 aliphatic carbocycles. The van der Waals surface area contributed by atoms with E-state index in [2.05, 4.69) is 0 Å². The zero-order valence-corrected chi connectivity index (χ0v) is 14.2. The van der Waals surface area contributed by atoms with Crippen molar-refractivity contribution >= 4 is 38.9 Å². The summed E-state index contributed by atoms with van der Waals surface area (Å²) in [7, 11) is -3.99. The lowest BCUT2D eigenvalue weighted by Crippen LogP contribution is -2.39. The fourth-order valence-electron chi connectivity index (χ4n) is 1.60. The minimum Gasteiger partial charge on any atom is -0.481 e. The number of nitriles is 1. The van der Waals surface area contributed by atoms with Crippen molar-refractivity contribution in [2.75, 3.05) is 0 Å². The monoisotopic (exact) mass is 370 g/mol. The van der Waals surface area contributed by atoms with Crippen LogP contribution in [0.1, 0.15) is 12.5 Å². The van der Waals surface area contributed by atoms with Gasteiger partial charge in [-0.25, -0.2) is 13.1 Å². The van der Waals surface area contributed by atoms with Gasteiger partial charge in [0, 0.05) is 0 Å². The van der Waals surface area contributed by atoms with Crippen molar-refractivity contribution in [2.45, 2.75) is 17.2 Å². The van der Waals surface area contributed by atoms with Gasteiger partial charge < -0.3 is 4.74 Å². The maximum Gasteiger partial charge on any atom is 0.274 e. The molecular formula is C14H11ClN2O4S2. The largest absolute Gasteiger partial charge is 0.481 e. The van der Waals surface area contributed by atoms with Crippen LogP contribution in [-0.4, -0.2) is 20.4 Å². The number of halogens is 1. The highest BCUT2D eigenvalue weighted by Gasteiger charge is 2.24. The number of rotatable bonds is 5. The van der Waals surface area contributed by atoms with Crippen LogP contribution in [0, 0.1) is 11.3 Å².